The average Bonchev–Trinajstić information content (AvgIpc) is 2.21. The van der Waals surface area contributed by atoms with Gasteiger partial charge in [-0.3, -0.25) is 4.79 Å². The van der Waals surface area contributed by atoms with Crippen LogP contribution in [0.25, 0.3) is 0 Å². The number of allylic oxidation sites excluding steroid dienone is 1. The van der Waals surface area contributed by atoms with Crippen molar-refractivity contribution in [2.45, 2.75) is 26.7 Å². The summed E-state index contributed by atoms with van der Waals surface area (Å²) in [4.78, 5) is 22.2. The Morgan fingerprint density at radius 2 is 1.73 bits per heavy atom. The van der Waals surface area contributed by atoms with E-state index in [9.17, 15) is 9.59 Å². The van der Waals surface area contributed by atoms with E-state index in [0.29, 0.717) is 12.0 Å². The fourth-order valence-electron chi connectivity index (χ4n) is 1.13. The van der Waals surface area contributed by atoms with E-state index in [0.717, 1.165) is 0 Å². The van der Waals surface area contributed by atoms with Gasteiger partial charge in [0.25, 0.3) is 0 Å². The smallest absolute Gasteiger partial charge is 0.333 e. The van der Waals surface area contributed by atoms with Crippen molar-refractivity contribution in [2.24, 2.45) is 5.92 Å². The van der Waals surface area contributed by atoms with Gasteiger partial charge in [-0.25, -0.2) is 4.79 Å². The van der Waals surface area contributed by atoms with Crippen molar-refractivity contribution in [2.75, 3.05) is 14.2 Å². The summed E-state index contributed by atoms with van der Waals surface area (Å²) in [5.41, 5.74) is 0.526. The van der Waals surface area contributed by atoms with Gasteiger partial charge in [-0.05, 0) is 12.3 Å². The first-order chi connectivity index (χ1) is 7.01. The Morgan fingerprint density at radius 3 is 2.13 bits per heavy atom. The van der Waals surface area contributed by atoms with Gasteiger partial charge in [0, 0.05) is 12.0 Å². The van der Waals surface area contributed by atoms with Crippen LogP contribution >= 0.6 is 0 Å². The van der Waals surface area contributed by atoms with E-state index in [2.05, 4.69) is 9.47 Å². The molecule has 0 unspecified atom stereocenters. The van der Waals surface area contributed by atoms with E-state index < -0.39 is 0 Å². The molecule has 86 valence electrons. The van der Waals surface area contributed by atoms with Crippen molar-refractivity contribution in [3.05, 3.63) is 11.6 Å². The van der Waals surface area contributed by atoms with E-state index >= 15 is 0 Å². The monoisotopic (exact) mass is 214 g/mol. The summed E-state index contributed by atoms with van der Waals surface area (Å²) in [6.45, 7) is 3.92. The van der Waals surface area contributed by atoms with Gasteiger partial charge in [0.2, 0.25) is 0 Å². The second-order valence-corrected chi connectivity index (χ2v) is 3.50. The lowest BCUT2D eigenvalue weighted by Crippen LogP contribution is -2.09. The zero-order valence-electron chi connectivity index (χ0n) is 9.70. The SMILES string of the molecule is COC(=O)CCC(=CC(C)C)C(=O)OC. The number of carbonyl (C=O) groups excluding carboxylic acids is 2. The van der Waals surface area contributed by atoms with Crippen LogP contribution in [0.3, 0.4) is 0 Å². The molecule has 0 aliphatic heterocycles. The van der Waals surface area contributed by atoms with E-state index in [1.54, 1.807) is 6.08 Å². The van der Waals surface area contributed by atoms with Crippen LogP contribution in [0.1, 0.15) is 26.7 Å². The molecular weight excluding hydrogens is 196 g/mol. The molecule has 0 amide bonds. The first kappa shape index (κ1) is 13.7. The lowest BCUT2D eigenvalue weighted by molar-refractivity contribution is -0.140. The van der Waals surface area contributed by atoms with E-state index in [1.165, 1.54) is 14.2 Å². The Morgan fingerprint density at radius 1 is 1.13 bits per heavy atom. The third-order valence-corrected chi connectivity index (χ3v) is 1.81. The molecule has 15 heavy (non-hydrogen) atoms. The first-order valence-corrected chi connectivity index (χ1v) is 4.87. The normalized spacial score (nSPS) is 11.4. The lowest BCUT2D eigenvalue weighted by atomic mass is 10.1. The number of esters is 2. The van der Waals surface area contributed by atoms with Crippen LogP contribution in [0.2, 0.25) is 0 Å². The minimum absolute atomic E-state index is 0.199. The molecule has 0 aromatic rings. The largest absolute Gasteiger partial charge is 0.469 e. The Balaban J connectivity index is 4.39. The zero-order valence-corrected chi connectivity index (χ0v) is 9.70. The van der Waals surface area contributed by atoms with Gasteiger partial charge < -0.3 is 9.47 Å². The Kier molecular flexibility index (Phi) is 6.42. The summed E-state index contributed by atoms with van der Waals surface area (Å²) in [5, 5.41) is 0. The predicted octanol–water partition coefficient (Wildman–Crippen LogP) is 1.70. The second kappa shape index (κ2) is 7.04. The van der Waals surface area contributed by atoms with Crippen LogP contribution in [0.4, 0.5) is 0 Å². The highest BCUT2D eigenvalue weighted by atomic mass is 16.5. The first-order valence-electron chi connectivity index (χ1n) is 4.87. The van der Waals surface area contributed by atoms with Crippen molar-refractivity contribution in [1.82, 2.24) is 0 Å². The molecule has 0 saturated carbocycles. The maximum atomic E-state index is 11.3. The van der Waals surface area contributed by atoms with Gasteiger partial charge in [0.05, 0.1) is 14.2 Å². The molecule has 0 heterocycles. The number of hydrogen-bond acceptors (Lipinski definition) is 4. The Hall–Kier alpha value is -1.32. The third-order valence-electron chi connectivity index (χ3n) is 1.81. The number of methoxy groups -OCH3 is 2. The lowest BCUT2D eigenvalue weighted by Gasteiger charge is -2.06. The highest BCUT2D eigenvalue weighted by molar-refractivity contribution is 5.89. The van der Waals surface area contributed by atoms with Crippen molar-refractivity contribution < 1.29 is 19.1 Å². The van der Waals surface area contributed by atoms with Crippen molar-refractivity contribution >= 4 is 11.9 Å². The number of carbonyl (C=O) groups is 2. The highest BCUT2D eigenvalue weighted by Gasteiger charge is 2.12. The molecule has 4 heteroatoms. The molecule has 0 atom stereocenters. The molecule has 4 nitrogen and oxygen atoms in total. The maximum Gasteiger partial charge on any atom is 0.333 e. The number of ether oxygens (including phenoxy) is 2. The van der Waals surface area contributed by atoms with Gasteiger partial charge in [-0.2, -0.15) is 0 Å². The standard InChI is InChI=1S/C11H18O4/c1-8(2)7-9(11(13)15-4)5-6-10(12)14-3/h7-8H,5-6H2,1-4H3. The quantitative estimate of drug-likeness (QED) is 0.516. The summed E-state index contributed by atoms with van der Waals surface area (Å²) in [6.07, 6.45) is 2.36. The molecule has 0 bridgehead atoms. The molecule has 0 rings (SSSR count). The molecule has 0 aliphatic carbocycles. The summed E-state index contributed by atoms with van der Waals surface area (Å²) in [5.74, 6) is -0.460. The zero-order chi connectivity index (χ0) is 11.8. The van der Waals surface area contributed by atoms with Gasteiger partial charge in [-0.1, -0.05) is 19.9 Å². The molecule has 0 fully saturated rings. The van der Waals surface area contributed by atoms with Crippen LogP contribution < -0.4 is 0 Å². The molecule has 0 aliphatic rings. The average molecular weight is 214 g/mol. The molecular formula is C11H18O4. The van der Waals surface area contributed by atoms with Crippen LogP contribution in [0.15, 0.2) is 11.6 Å². The van der Waals surface area contributed by atoms with Crippen molar-refractivity contribution in [3.63, 3.8) is 0 Å². The molecule has 0 N–H and O–H groups in total. The number of rotatable bonds is 5. The summed E-state index contributed by atoms with van der Waals surface area (Å²) in [6, 6.07) is 0. The van der Waals surface area contributed by atoms with Gasteiger partial charge in [0.1, 0.15) is 0 Å². The van der Waals surface area contributed by atoms with Crippen LogP contribution in [-0.2, 0) is 19.1 Å². The Bertz CT molecular complexity index is 253. The maximum absolute atomic E-state index is 11.3. The highest BCUT2D eigenvalue weighted by Crippen LogP contribution is 2.11. The van der Waals surface area contributed by atoms with Crippen LogP contribution in [0.5, 0.6) is 0 Å². The van der Waals surface area contributed by atoms with Gasteiger partial charge >= 0.3 is 11.9 Å². The fraction of sp³-hybridized carbons (Fsp3) is 0.636. The predicted molar refractivity (Wildman–Crippen MR) is 56.2 cm³/mol. The molecule has 0 spiro atoms. The van der Waals surface area contributed by atoms with Crippen LogP contribution in [0, 0.1) is 5.92 Å². The molecule has 0 saturated heterocycles. The minimum Gasteiger partial charge on any atom is -0.469 e. The molecule has 0 aromatic carbocycles. The molecule has 0 radical (unpaired) electrons. The summed E-state index contributed by atoms with van der Waals surface area (Å²) >= 11 is 0. The van der Waals surface area contributed by atoms with Crippen molar-refractivity contribution in [3.8, 4) is 0 Å². The van der Waals surface area contributed by atoms with E-state index in [-0.39, 0.29) is 24.3 Å². The van der Waals surface area contributed by atoms with Gasteiger partial charge in [-0.15, -0.1) is 0 Å². The Labute approximate surface area is 90.2 Å². The van der Waals surface area contributed by atoms with E-state index in [4.69, 9.17) is 0 Å². The summed E-state index contributed by atoms with van der Waals surface area (Å²) < 4.78 is 9.12. The van der Waals surface area contributed by atoms with Crippen molar-refractivity contribution in [1.29, 1.82) is 0 Å². The topological polar surface area (TPSA) is 52.6 Å². The molecule has 0 aromatic heterocycles. The van der Waals surface area contributed by atoms with Gasteiger partial charge in [0.15, 0.2) is 0 Å². The van der Waals surface area contributed by atoms with E-state index in [1.807, 2.05) is 13.8 Å². The second-order valence-electron chi connectivity index (χ2n) is 3.50. The summed E-state index contributed by atoms with van der Waals surface area (Å²) in [7, 11) is 2.65. The minimum atomic E-state index is -0.382. The number of hydrogen-bond donors (Lipinski definition) is 0. The third kappa shape index (κ3) is 5.88. The fourth-order valence-corrected chi connectivity index (χ4v) is 1.13. The van der Waals surface area contributed by atoms with Crippen LogP contribution in [-0.4, -0.2) is 26.2 Å².